The fourth-order valence-electron chi connectivity index (χ4n) is 2.89. The molecule has 2 atom stereocenters. The highest BCUT2D eigenvalue weighted by Crippen LogP contribution is 2.26. The minimum Gasteiger partial charge on any atom is -0.357 e. The van der Waals surface area contributed by atoms with Crippen molar-refractivity contribution in [1.82, 2.24) is 15.6 Å². The molecule has 0 bridgehead atoms. The number of rotatable bonds is 7. The molecule has 2 unspecified atom stereocenters. The molecular weight excluding hydrogens is 451 g/mol. The third-order valence-corrected chi connectivity index (χ3v) is 6.49. The smallest absolute Gasteiger partial charge is 0.191 e. The molecule has 2 rings (SSSR count). The van der Waals surface area contributed by atoms with E-state index in [1.54, 1.807) is 0 Å². The first-order chi connectivity index (χ1) is 11.2. The minimum atomic E-state index is 0. The molecule has 1 aliphatic carbocycles. The van der Waals surface area contributed by atoms with Crippen molar-refractivity contribution >= 4 is 53.0 Å². The number of thiazole rings is 1. The highest BCUT2D eigenvalue weighted by molar-refractivity contribution is 14.0. The van der Waals surface area contributed by atoms with E-state index in [9.17, 15) is 0 Å². The van der Waals surface area contributed by atoms with Gasteiger partial charge in [-0.3, -0.25) is 4.99 Å². The zero-order valence-corrected chi connectivity index (χ0v) is 19.0. The highest BCUT2D eigenvalue weighted by atomic mass is 127. The summed E-state index contributed by atoms with van der Waals surface area (Å²) in [6.45, 7) is 6.00. The average molecular weight is 483 g/mol. The van der Waals surface area contributed by atoms with E-state index in [-0.39, 0.29) is 24.0 Å². The Morgan fingerprint density at radius 1 is 1.42 bits per heavy atom. The molecule has 1 aliphatic rings. The third-order valence-electron chi connectivity index (χ3n) is 4.19. The zero-order chi connectivity index (χ0) is 16.5. The number of nitrogens with one attached hydrogen (secondary N) is 2. The van der Waals surface area contributed by atoms with Crippen molar-refractivity contribution in [2.75, 3.05) is 19.3 Å². The van der Waals surface area contributed by atoms with Crippen LogP contribution in [-0.4, -0.2) is 41.6 Å². The first-order valence-corrected chi connectivity index (χ1v) is 10.9. The van der Waals surface area contributed by atoms with Crippen LogP contribution < -0.4 is 10.6 Å². The van der Waals surface area contributed by atoms with Gasteiger partial charge in [-0.1, -0.05) is 13.3 Å². The number of halogens is 1. The number of aryl methyl sites for hydroxylation is 1. The van der Waals surface area contributed by atoms with Crippen LogP contribution in [0.2, 0.25) is 0 Å². The van der Waals surface area contributed by atoms with Crippen LogP contribution in [0.3, 0.4) is 0 Å². The monoisotopic (exact) mass is 482 g/mol. The van der Waals surface area contributed by atoms with Gasteiger partial charge >= 0.3 is 0 Å². The van der Waals surface area contributed by atoms with Crippen LogP contribution in [-0.2, 0) is 12.8 Å². The second-order valence-corrected chi connectivity index (χ2v) is 8.29. The lowest BCUT2D eigenvalue weighted by molar-refractivity contribution is 0.419. The Kier molecular flexibility index (Phi) is 11.3. The Morgan fingerprint density at radius 2 is 2.25 bits per heavy atom. The molecule has 0 aromatic carbocycles. The van der Waals surface area contributed by atoms with Gasteiger partial charge in [0.25, 0.3) is 0 Å². The number of thioether (sulfide) groups is 1. The second kappa shape index (κ2) is 12.4. The summed E-state index contributed by atoms with van der Waals surface area (Å²) >= 11 is 3.82. The molecule has 0 saturated heterocycles. The van der Waals surface area contributed by atoms with Crippen molar-refractivity contribution in [2.45, 2.75) is 63.7 Å². The molecule has 0 amide bonds. The predicted molar refractivity (Wildman–Crippen MR) is 119 cm³/mol. The summed E-state index contributed by atoms with van der Waals surface area (Å²) in [5.41, 5.74) is 0. The molecule has 1 fully saturated rings. The van der Waals surface area contributed by atoms with Gasteiger partial charge in [0.2, 0.25) is 0 Å². The summed E-state index contributed by atoms with van der Waals surface area (Å²) in [5.74, 6) is 0.964. The van der Waals surface area contributed by atoms with Gasteiger partial charge < -0.3 is 10.6 Å². The van der Waals surface area contributed by atoms with Crippen LogP contribution in [0.4, 0.5) is 0 Å². The van der Waals surface area contributed by atoms with Gasteiger partial charge in [-0.15, -0.1) is 35.3 Å². The van der Waals surface area contributed by atoms with Crippen LogP contribution in [0.25, 0.3) is 0 Å². The molecule has 4 nitrogen and oxygen atoms in total. The molecule has 138 valence electrons. The van der Waals surface area contributed by atoms with E-state index >= 15 is 0 Å². The minimum absolute atomic E-state index is 0. The molecule has 0 spiro atoms. The summed E-state index contributed by atoms with van der Waals surface area (Å²) in [5, 5.41) is 9.01. The van der Waals surface area contributed by atoms with Gasteiger partial charge in [0.1, 0.15) is 0 Å². The van der Waals surface area contributed by atoms with Gasteiger partial charge in [-0.05, 0) is 38.9 Å². The van der Waals surface area contributed by atoms with E-state index in [0.29, 0.717) is 6.04 Å². The normalized spacial score (nSPS) is 21.2. The third kappa shape index (κ3) is 7.47. The molecule has 1 saturated carbocycles. The lowest BCUT2D eigenvalue weighted by Gasteiger charge is -2.29. The predicted octanol–water partition coefficient (Wildman–Crippen LogP) is 4.10. The van der Waals surface area contributed by atoms with Crippen LogP contribution >= 0.6 is 47.1 Å². The Balaban J connectivity index is 0.00000288. The maximum absolute atomic E-state index is 4.74. The molecule has 7 heteroatoms. The summed E-state index contributed by atoms with van der Waals surface area (Å²) < 4.78 is 0. The van der Waals surface area contributed by atoms with Crippen molar-refractivity contribution in [2.24, 2.45) is 4.99 Å². The lowest BCUT2D eigenvalue weighted by atomic mass is 9.95. The molecule has 2 N–H and O–H groups in total. The van der Waals surface area contributed by atoms with E-state index in [2.05, 4.69) is 35.7 Å². The summed E-state index contributed by atoms with van der Waals surface area (Å²) in [6.07, 6.45) is 11.4. The first-order valence-electron chi connectivity index (χ1n) is 8.76. The van der Waals surface area contributed by atoms with E-state index in [4.69, 9.17) is 4.99 Å². The zero-order valence-electron chi connectivity index (χ0n) is 15.0. The second-order valence-electron chi connectivity index (χ2n) is 5.95. The van der Waals surface area contributed by atoms with Crippen molar-refractivity contribution in [3.63, 3.8) is 0 Å². The standard InChI is InChI=1S/C17H30N4S2.HI/c1-4-14-12-20-16(23-14)9-10-19-17(18-5-2)21-13-7-6-8-15(11-13)22-3;/h12-13,15H,4-11H2,1-3H3,(H2,18,19,21);1H. The fraction of sp³-hybridized carbons (Fsp3) is 0.765. The molecule has 0 aliphatic heterocycles. The summed E-state index contributed by atoms with van der Waals surface area (Å²) in [7, 11) is 0. The Hall–Kier alpha value is -0.0200. The van der Waals surface area contributed by atoms with E-state index < -0.39 is 0 Å². The average Bonchev–Trinajstić information content (AvgIpc) is 3.03. The number of nitrogens with zero attached hydrogens (tertiary/aromatic N) is 2. The molecule has 1 aromatic heterocycles. The van der Waals surface area contributed by atoms with Gasteiger partial charge in [-0.2, -0.15) is 11.8 Å². The van der Waals surface area contributed by atoms with Gasteiger partial charge in [-0.25, -0.2) is 4.98 Å². The van der Waals surface area contributed by atoms with E-state index in [0.717, 1.165) is 37.1 Å². The van der Waals surface area contributed by atoms with Crippen molar-refractivity contribution < 1.29 is 0 Å². The number of aliphatic imine (C=N–C) groups is 1. The van der Waals surface area contributed by atoms with E-state index in [1.165, 1.54) is 35.6 Å². The van der Waals surface area contributed by atoms with Crippen molar-refractivity contribution in [1.29, 1.82) is 0 Å². The van der Waals surface area contributed by atoms with Crippen molar-refractivity contribution in [3.05, 3.63) is 16.1 Å². The number of guanidine groups is 1. The Labute approximate surface area is 172 Å². The largest absolute Gasteiger partial charge is 0.357 e. The van der Waals surface area contributed by atoms with Crippen LogP contribution in [0.5, 0.6) is 0 Å². The maximum Gasteiger partial charge on any atom is 0.191 e. The number of hydrogen-bond donors (Lipinski definition) is 2. The lowest BCUT2D eigenvalue weighted by Crippen LogP contribution is -2.45. The highest BCUT2D eigenvalue weighted by Gasteiger charge is 2.21. The van der Waals surface area contributed by atoms with E-state index in [1.807, 2.05) is 29.3 Å². The molecule has 1 heterocycles. The van der Waals surface area contributed by atoms with Crippen LogP contribution in [0.15, 0.2) is 11.2 Å². The Bertz CT molecular complexity index is 493. The number of aromatic nitrogens is 1. The maximum atomic E-state index is 4.74. The quantitative estimate of drug-likeness (QED) is 0.349. The Morgan fingerprint density at radius 3 is 2.92 bits per heavy atom. The first kappa shape index (κ1) is 22.0. The SMILES string of the molecule is CCNC(=NCCc1ncc(CC)s1)NC1CCCC(SC)C1.I. The molecule has 24 heavy (non-hydrogen) atoms. The van der Waals surface area contributed by atoms with Crippen LogP contribution in [0, 0.1) is 0 Å². The molecular formula is C17H31IN4S2. The van der Waals surface area contributed by atoms with Crippen molar-refractivity contribution in [3.8, 4) is 0 Å². The fourth-order valence-corrected chi connectivity index (χ4v) is 4.57. The van der Waals surface area contributed by atoms with Gasteiger partial charge in [0.05, 0.1) is 5.01 Å². The molecule has 1 aromatic rings. The van der Waals surface area contributed by atoms with Crippen LogP contribution in [0.1, 0.15) is 49.4 Å². The number of hydrogen-bond acceptors (Lipinski definition) is 4. The topological polar surface area (TPSA) is 49.3 Å². The molecule has 0 radical (unpaired) electrons. The van der Waals surface area contributed by atoms with Gasteiger partial charge in [0, 0.05) is 41.9 Å². The van der Waals surface area contributed by atoms with Gasteiger partial charge in [0.15, 0.2) is 5.96 Å². The summed E-state index contributed by atoms with van der Waals surface area (Å²) in [4.78, 5) is 10.6. The summed E-state index contributed by atoms with van der Waals surface area (Å²) in [6, 6.07) is 0.561.